The van der Waals surface area contributed by atoms with Crippen molar-refractivity contribution in [2.24, 2.45) is 11.5 Å². The molecule has 1 atom stereocenters. The first-order valence-corrected chi connectivity index (χ1v) is 11.2. The molecule has 0 radical (unpaired) electrons. The van der Waals surface area contributed by atoms with E-state index >= 15 is 0 Å². The quantitative estimate of drug-likeness (QED) is 0.533. The summed E-state index contributed by atoms with van der Waals surface area (Å²) in [5.41, 5.74) is 12.9. The highest BCUT2D eigenvalue weighted by molar-refractivity contribution is 7.82. The molecule has 0 saturated carbocycles. The summed E-state index contributed by atoms with van der Waals surface area (Å²) in [7, 11) is -0.913. The van der Waals surface area contributed by atoms with Gasteiger partial charge in [0.05, 0.1) is 28.7 Å². The molecule has 1 aliphatic rings. The Labute approximate surface area is 172 Å². The van der Waals surface area contributed by atoms with Crippen LogP contribution in [0.5, 0.6) is 5.75 Å². The van der Waals surface area contributed by atoms with E-state index in [4.69, 9.17) is 16.2 Å². The third-order valence-corrected chi connectivity index (χ3v) is 6.76. The van der Waals surface area contributed by atoms with Crippen LogP contribution in [0.15, 0.2) is 18.3 Å². The van der Waals surface area contributed by atoms with Gasteiger partial charge in [0.2, 0.25) is 5.91 Å². The highest BCUT2D eigenvalue weighted by Gasteiger charge is 2.26. The summed E-state index contributed by atoms with van der Waals surface area (Å²) in [6.45, 7) is 3.82. The molecule has 2 aromatic rings. The summed E-state index contributed by atoms with van der Waals surface area (Å²) in [4.78, 5) is 26.0. The molecule has 1 aromatic carbocycles. The standard InChI is InChI=1S/C20H28N4O4S/c1-2-29(27)24-7-5-13(6-8-24)17-12-23-19-15(17)10-14(11-16(19)20(22)26)28-9-3-4-18(21)25/h10-13,23H,2-9H2,1H3,(H2,21,25)(H2,22,26). The van der Waals surface area contributed by atoms with Crippen LogP contribution < -0.4 is 16.2 Å². The number of ether oxygens (including phenoxy) is 1. The molecule has 9 heteroatoms. The monoisotopic (exact) mass is 420 g/mol. The second-order valence-corrected chi connectivity index (χ2v) is 8.97. The largest absolute Gasteiger partial charge is 0.494 e. The zero-order chi connectivity index (χ0) is 21.0. The Morgan fingerprint density at radius 1 is 1.28 bits per heavy atom. The Hall–Kier alpha value is -2.39. The lowest BCUT2D eigenvalue weighted by atomic mass is 9.89. The van der Waals surface area contributed by atoms with E-state index in [2.05, 4.69) is 4.98 Å². The molecule has 2 amide bonds. The number of amides is 2. The van der Waals surface area contributed by atoms with Gasteiger partial charge >= 0.3 is 0 Å². The summed E-state index contributed by atoms with van der Waals surface area (Å²) in [5.74, 6) is 0.584. The number of nitrogens with zero attached hydrogens (tertiary/aromatic N) is 1. The van der Waals surface area contributed by atoms with Crippen molar-refractivity contribution in [2.75, 3.05) is 25.4 Å². The maximum Gasteiger partial charge on any atom is 0.250 e. The summed E-state index contributed by atoms with van der Waals surface area (Å²) >= 11 is 0. The maximum absolute atomic E-state index is 12.0. The summed E-state index contributed by atoms with van der Waals surface area (Å²) in [6.07, 6.45) is 4.48. The van der Waals surface area contributed by atoms with Crippen LogP contribution in [0.3, 0.4) is 0 Å². The number of hydrogen-bond acceptors (Lipinski definition) is 4. The van der Waals surface area contributed by atoms with Crippen LogP contribution in [0.25, 0.3) is 10.9 Å². The second-order valence-electron chi connectivity index (χ2n) is 7.23. The smallest absolute Gasteiger partial charge is 0.250 e. The highest BCUT2D eigenvalue weighted by atomic mass is 32.2. The third-order valence-electron chi connectivity index (χ3n) is 5.33. The molecule has 0 bridgehead atoms. The van der Waals surface area contributed by atoms with Crippen LogP contribution in [0, 0.1) is 0 Å². The lowest BCUT2D eigenvalue weighted by Gasteiger charge is -2.30. The van der Waals surface area contributed by atoms with Gasteiger partial charge in [-0.15, -0.1) is 0 Å². The Bertz CT molecular complexity index is 919. The van der Waals surface area contributed by atoms with Crippen molar-refractivity contribution < 1.29 is 18.5 Å². The number of piperidine rings is 1. The molecule has 1 fully saturated rings. The van der Waals surface area contributed by atoms with Crippen molar-refractivity contribution in [3.8, 4) is 5.75 Å². The Balaban J connectivity index is 1.82. The van der Waals surface area contributed by atoms with Crippen molar-refractivity contribution in [2.45, 2.75) is 38.5 Å². The Morgan fingerprint density at radius 2 is 2.00 bits per heavy atom. The van der Waals surface area contributed by atoms with E-state index in [9.17, 15) is 13.8 Å². The minimum atomic E-state index is -0.913. The Kier molecular flexibility index (Phi) is 6.92. The molecular weight excluding hydrogens is 392 g/mol. The molecule has 158 valence electrons. The van der Waals surface area contributed by atoms with Crippen molar-refractivity contribution in [3.63, 3.8) is 0 Å². The average Bonchev–Trinajstić information content (AvgIpc) is 3.13. The number of nitrogens with two attached hydrogens (primary N) is 2. The van der Waals surface area contributed by atoms with Gasteiger partial charge in [0.15, 0.2) is 0 Å². The summed E-state index contributed by atoms with van der Waals surface area (Å²) in [5, 5.41) is 0.918. The number of H-pyrrole nitrogens is 1. The fourth-order valence-electron chi connectivity index (χ4n) is 3.83. The van der Waals surface area contributed by atoms with Gasteiger partial charge < -0.3 is 21.2 Å². The van der Waals surface area contributed by atoms with Gasteiger partial charge in [-0.2, -0.15) is 0 Å². The maximum atomic E-state index is 12.0. The second kappa shape index (κ2) is 9.41. The number of carbonyl (C=O) groups excluding carboxylic acids is 2. The molecule has 8 nitrogen and oxygen atoms in total. The van der Waals surface area contributed by atoms with E-state index in [1.165, 1.54) is 0 Å². The molecule has 1 unspecified atom stereocenters. The average molecular weight is 421 g/mol. The molecule has 29 heavy (non-hydrogen) atoms. The minimum absolute atomic E-state index is 0.248. The van der Waals surface area contributed by atoms with E-state index in [-0.39, 0.29) is 12.3 Å². The molecule has 2 heterocycles. The first-order valence-electron chi connectivity index (χ1n) is 9.90. The number of aromatic nitrogens is 1. The molecule has 1 aromatic heterocycles. The number of benzene rings is 1. The number of aromatic amines is 1. The van der Waals surface area contributed by atoms with E-state index in [0.29, 0.717) is 41.5 Å². The van der Waals surface area contributed by atoms with Crippen LogP contribution in [-0.2, 0) is 15.8 Å². The van der Waals surface area contributed by atoms with E-state index in [1.807, 2.05) is 23.5 Å². The highest BCUT2D eigenvalue weighted by Crippen LogP contribution is 2.36. The number of nitrogens with one attached hydrogen (secondary N) is 1. The van der Waals surface area contributed by atoms with Crippen LogP contribution in [0.4, 0.5) is 0 Å². The minimum Gasteiger partial charge on any atom is -0.494 e. The molecule has 1 aliphatic heterocycles. The van der Waals surface area contributed by atoms with E-state index < -0.39 is 16.9 Å². The fraction of sp³-hybridized carbons (Fsp3) is 0.500. The molecule has 5 N–H and O–H groups in total. The number of primary amides is 2. The van der Waals surface area contributed by atoms with Crippen LogP contribution >= 0.6 is 0 Å². The van der Waals surface area contributed by atoms with Gasteiger partial charge in [0.1, 0.15) is 5.75 Å². The van der Waals surface area contributed by atoms with Gasteiger partial charge in [0.25, 0.3) is 5.91 Å². The number of hydrogen-bond donors (Lipinski definition) is 3. The van der Waals surface area contributed by atoms with Gasteiger partial charge in [0, 0.05) is 36.8 Å². The van der Waals surface area contributed by atoms with E-state index in [1.54, 1.807) is 6.07 Å². The molecular formula is C20H28N4O4S. The normalized spacial score (nSPS) is 16.7. The summed E-state index contributed by atoms with van der Waals surface area (Å²) < 4.78 is 19.8. The first kappa shape index (κ1) is 21.3. The molecule has 0 spiro atoms. The molecule has 0 aliphatic carbocycles. The van der Waals surface area contributed by atoms with Gasteiger partial charge in [-0.05, 0) is 42.9 Å². The molecule has 1 saturated heterocycles. The SMILES string of the molecule is CCS(=O)N1CCC(c2c[nH]c3c(C(N)=O)cc(OCCCC(N)=O)cc23)CC1. The van der Waals surface area contributed by atoms with Gasteiger partial charge in [-0.25, -0.2) is 8.51 Å². The lowest BCUT2D eigenvalue weighted by Crippen LogP contribution is -2.35. The van der Waals surface area contributed by atoms with Crippen molar-refractivity contribution in [1.82, 2.24) is 9.29 Å². The van der Waals surface area contributed by atoms with Crippen LogP contribution in [0.1, 0.15) is 54.4 Å². The van der Waals surface area contributed by atoms with Gasteiger partial charge in [-0.1, -0.05) is 6.92 Å². The number of carbonyl (C=O) groups is 2. The zero-order valence-electron chi connectivity index (χ0n) is 16.6. The number of rotatable bonds is 9. The van der Waals surface area contributed by atoms with Crippen molar-refractivity contribution in [3.05, 3.63) is 29.5 Å². The van der Waals surface area contributed by atoms with Crippen molar-refractivity contribution in [1.29, 1.82) is 0 Å². The first-order chi connectivity index (χ1) is 13.9. The lowest BCUT2D eigenvalue weighted by molar-refractivity contribution is -0.118. The van der Waals surface area contributed by atoms with E-state index in [0.717, 1.165) is 36.9 Å². The fourth-order valence-corrected chi connectivity index (χ4v) is 4.81. The topological polar surface area (TPSA) is 132 Å². The van der Waals surface area contributed by atoms with Crippen molar-refractivity contribution >= 4 is 33.7 Å². The van der Waals surface area contributed by atoms with Crippen LogP contribution in [0.2, 0.25) is 0 Å². The molecule has 3 rings (SSSR count). The zero-order valence-corrected chi connectivity index (χ0v) is 17.4. The van der Waals surface area contributed by atoms with Gasteiger partial charge in [-0.3, -0.25) is 9.59 Å². The summed E-state index contributed by atoms with van der Waals surface area (Å²) in [6, 6.07) is 3.54. The third kappa shape index (κ3) is 4.97. The Morgan fingerprint density at radius 3 is 2.62 bits per heavy atom. The number of fused-ring (bicyclic) bond motifs is 1. The predicted octanol–water partition coefficient (Wildman–Crippen LogP) is 1.77. The predicted molar refractivity (Wildman–Crippen MR) is 113 cm³/mol. The van der Waals surface area contributed by atoms with Crippen LogP contribution in [-0.4, -0.2) is 50.8 Å².